The summed E-state index contributed by atoms with van der Waals surface area (Å²) in [7, 11) is 0. The number of aromatic nitrogens is 4. The zero-order chi connectivity index (χ0) is 24.2. The number of carboxylic acid groups (broad SMARTS) is 1. The molecule has 0 radical (unpaired) electrons. The lowest BCUT2D eigenvalue weighted by molar-refractivity contribution is -0.135. The predicted octanol–water partition coefficient (Wildman–Crippen LogP) is 0.857. The van der Waals surface area contributed by atoms with Crippen LogP contribution in [0.2, 0.25) is 0 Å². The topological polar surface area (TPSA) is 169 Å². The number of nitrogens with one attached hydrogen (secondary N) is 1. The largest absolute Gasteiger partial charge is 0.480 e. The fraction of sp³-hybridized carbons (Fsp3) is 0.381. The summed E-state index contributed by atoms with van der Waals surface area (Å²) in [5.41, 5.74) is 3.25. The molecule has 1 saturated heterocycles. The number of aliphatic hydroxyl groups is 2. The molecule has 1 aliphatic heterocycles. The minimum absolute atomic E-state index is 0.389. The van der Waals surface area contributed by atoms with E-state index in [0.29, 0.717) is 21.9 Å². The zero-order valence-electron chi connectivity index (χ0n) is 18.1. The standard InChI is InChI=1S/C21H23N5O7S/c1-11-2-4-12(5-3-11)8-34-19-15-18(23-9-24-19)26(10-25-15)20-17(30)16(29)13(33-20)7-32-21(31)22-6-14(27)28/h2-5,9-10,13,16-17,20,29-30H,6-8H2,1H3,(H,22,31)(H,27,28)/t13-,16+,17?,20-/m1/s1. The molecule has 0 saturated carbocycles. The second-order valence-electron chi connectivity index (χ2n) is 7.67. The van der Waals surface area contributed by atoms with Crippen LogP contribution >= 0.6 is 11.8 Å². The number of benzene rings is 1. The monoisotopic (exact) mass is 489 g/mol. The summed E-state index contributed by atoms with van der Waals surface area (Å²) in [6.45, 7) is 1.03. The Kier molecular flexibility index (Phi) is 7.26. The van der Waals surface area contributed by atoms with Crippen LogP contribution in [0.3, 0.4) is 0 Å². The van der Waals surface area contributed by atoms with Gasteiger partial charge >= 0.3 is 12.1 Å². The number of hydrogen-bond donors (Lipinski definition) is 4. The molecule has 1 aromatic carbocycles. The summed E-state index contributed by atoms with van der Waals surface area (Å²) in [4.78, 5) is 35.0. The molecule has 4 rings (SSSR count). The molecule has 1 aliphatic rings. The lowest BCUT2D eigenvalue weighted by atomic mass is 10.1. The van der Waals surface area contributed by atoms with Crippen molar-refractivity contribution in [3.8, 4) is 0 Å². The lowest BCUT2D eigenvalue weighted by Gasteiger charge is -2.16. The van der Waals surface area contributed by atoms with Gasteiger partial charge in [0.1, 0.15) is 48.3 Å². The number of nitrogens with zero attached hydrogens (tertiary/aromatic N) is 4. The van der Waals surface area contributed by atoms with Gasteiger partial charge in [-0.15, -0.1) is 0 Å². The van der Waals surface area contributed by atoms with Gasteiger partial charge in [0.15, 0.2) is 11.9 Å². The Labute approximate surface area is 197 Å². The van der Waals surface area contributed by atoms with E-state index in [2.05, 4.69) is 15.0 Å². The van der Waals surface area contributed by atoms with Crippen molar-refractivity contribution in [3.05, 3.63) is 48.0 Å². The molecule has 1 unspecified atom stereocenters. The quantitative estimate of drug-likeness (QED) is 0.261. The number of alkyl carbamates (subject to hydrolysis) is 1. The average molecular weight is 490 g/mol. The van der Waals surface area contributed by atoms with Crippen LogP contribution in [-0.4, -0.2) is 78.4 Å². The summed E-state index contributed by atoms with van der Waals surface area (Å²) in [6.07, 6.45) is -2.90. The maximum Gasteiger partial charge on any atom is 0.407 e. The van der Waals surface area contributed by atoms with Crippen molar-refractivity contribution >= 4 is 35.0 Å². The second kappa shape index (κ2) is 10.3. The molecule has 1 fully saturated rings. The third-order valence-corrected chi connectivity index (χ3v) is 6.25. The SMILES string of the molecule is Cc1ccc(CSc2ncnc3c2ncn3[C@@H]2O[C@H](COC(=O)NCC(=O)O)[C@H](O)C2O)cc1. The van der Waals surface area contributed by atoms with Crippen LogP contribution in [0.25, 0.3) is 11.2 Å². The predicted molar refractivity (Wildman–Crippen MR) is 119 cm³/mol. The first-order valence-electron chi connectivity index (χ1n) is 10.3. The van der Waals surface area contributed by atoms with Crippen molar-refractivity contribution in [2.45, 2.75) is 42.2 Å². The highest BCUT2D eigenvalue weighted by Gasteiger charge is 2.45. The number of imidazole rings is 1. The van der Waals surface area contributed by atoms with Crippen LogP contribution in [0, 0.1) is 6.92 Å². The molecule has 1 amide bonds. The normalized spacial score (nSPS) is 22.1. The lowest BCUT2D eigenvalue weighted by Crippen LogP contribution is -2.36. The van der Waals surface area contributed by atoms with Gasteiger partial charge in [-0.25, -0.2) is 19.7 Å². The van der Waals surface area contributed by atoms with E-state index in [4.69, 9.17) is 14.6 Å². The molecule has 0 spiro atoms. The molecule has 13 heteroatoms. The van der Waals surface area contributed by atoms with E-state index in [1.165, 1.54) is 34.5 Å². The van der Waals surface area contributed by atoms with Crippen molar-refractivity contribution in [1.29, 1.82) is 0 Å². The number of thioether (sulfide) groups is 1. The van der Waals surface area contributed by atoms with E-state index in [0.717, 1.165) is 5.56 Å². The van der Waals surface area contributed by atoms with E-state index in [1.54, 1.807) is 0 Å². The van der Waals surface area contributed by atoms with Crippen molar-refractivity contribution in [2.24, 2.45) is 0 Å². The third kappa shape index (κ3) is 5.28. The third-order valence-electron chi connectivity index (χ3n) is 5.20. The number of amides is 1. The van der Waals surface area contributed by atoms with Crippen molar-refractivity contribution in [3.63, 3.8) is 0 Å². The van der Waals surface area contributed by atoms with Crippen LogP contribution in [-0.2, 0) is 20.0 Å². The van der Waals surface area contributed by atoms with E-state index < -0.39 is 43.1 Å². The Bertz CT molecular complexity index is 1170. The molecular formula is C21H23N5O7S. The Morgan fingerprint density at radius 1 is 1.18 bits per heavy atom. The van der Waals surface area contributed by atoms with Gasteiger partial charge in [0.25, 0.3) is 0 Å². The first kappa shape index (κ1) is 23.9. The number of aliphatic carboxylic acids is 1. The minimum atomic E-state index is -1.35. The number of ether oxygens (including phenoxy) is 2. The van der Waals surface area contributed by atoms with Gasteiger partial charge in [0.05, 0.1) is 6.33 Å². The van der Waals surface area contributed by atoms with Gasteiger partial charge in [-0.1, -0.05) is 41.6 Å². The van der Waals surface area contributed by atoms with Gasteiger partial charge in [-0.2, -0.15) is 0 Å². The molecule has 4 N–H and O–H groups in total. The minimum Gasteiger partial charge on any atom is -0.480 e. The fourth-order valence-electron chi connectivity index (χ4n) is 3.41. The summed E-state index contributed by atoms with van der Waals surface area (Å²) in [6, 6.07) is 8.18. The van der Waals surface area contributed by atoms with Gasteiger partial charge in [-0.05, 0) is 12.5 Å². The Morgan fingerprint density at radius 3 is 2.68 bits per heavy atom. The summed E-state index contributed by atoms with van der Waals surface area (Å²) < 4.78 is 12.1. The number of carbonyl (C=O) groups is 2. The average Bonchev–Trinajstić information content (AvgIpc) is 3.37. The maximum absolute atomic E-state index is 11.6. The van der Waals surface area contributed by atoms with Gasteiger partial charge in [-0.3, -0.25) is 9.36 Å². The van der Waals surface area contributed by atoms with Gasteiger partial charge in [0, 0.05) is 5.75 Å². The van der Waals surface area contributed by atoms with Crippen LogP contribution in [0.15, 0.2) is 41.9 Å². The van der Waals surface area contributed by atoms with Crippen LogP contribution < -0.4 is 5.32 Å². The molecule has 12 nitrogen and oxygen atoms in total. The fourth-order valence-corrected chi connectivity index (χ4v) is 4.31. The van der Waals surface area contributed by atoms with E-state index >= 15 is 0 Å². The highest BCUT2D eigenvalue weighted by Crippen LogP contribution is 2.33. The Balaban J connectivity index is 1.44. The maximum atomic E-state index is 11.6. The van der Waals surface area contributed by atoms with E-state index in [1.807, 2.05) is 36.5 Å². The molecule has 3 heterocycles. The molecule has 0 bridgehead atoms. The number of carbonyl (C=O) groups excluding carboxylic acids is 1. The van der Waals surface area contributed by atoms with Crippen molar-refractivity contribution in [2.75, 3.05) is 13.2 Å². The van der Waals surface area contributed by atoms with E-state index in [-0.39, 0.29) is 6.61 Å². The Morgan fingerprint density at radius 2 is 1.94 bits per heavy atom. The molecule has 0 aliphatic carbocycles. The van der Waals surface area contributed by atoms with Gasteiger partial charge < -0.3 is 30.1 Å². The van der Waals surface area contributed by atoms with Gasteiger partial charge in [0.2, 0.25) is 0 Å². The molecule has 180 valence electrons. The molecule has 3 aromatic rings. The zero-order valence-corrected chi connectivity index (χ0v) is 18.9. The summed E-state index contributed by atoms with van der Waals surface area (Å²) in [5.74, 6) is -0.542. The number of hydrogen-bond acceptors (Lipinski definition) is 10. The second-order valence-corrected chi connectivity index (χ2v) is 8.63. The molecule has 2 aromatic heterocycles. The summed E-state index contributed by atoms with van der Waals surface area (Å²) >= 11 is 1.50. The van der Waals surface area contributed by atoms with Crippen LogP contribution in [0.4, 0.5) is 4.79 Å². The first-order chi connectivity index (χ1) is 16.3. The van der Waals surface area contributed by atoms with Crippen molar-refractivity contribution < 1.29 is 34.4 Å². The summed E-state index contributed by atoms with van der Waals surface area (Å²) in [5, 5.41) is 32.2. The molecular weight excluding hydrogens is 466 g/mol. The highest BCUT2D eigenvalue weighted by atomic mass is 32.2. The highest BCUT2D eigenvalue weighted by molar-refractivity contribution is 7.98. The van der Waals surface area contributed by atoms with Crippen LogP contribution in [0.1, 0.15) is 17.4 Å². The number of rotatable bonds is 8. The number of aliphatic hydroxyl groups excluding tert-OH is 2. The van der Waals surface area contributed by atoms with E-state index in [9.17, 15) is 19.8 Å². The molecule has 34 heavy (non-hydrogen) atoms. The molecule has 4 atom stereocenters. The first-order valence-corrected chi connectivity index (χ1v) is 11.3. The smallest absolute Gasteiger partial charge is 0.407 e. The number of carboxylic acids is 1. The number of fused-ring (bicyclic) bond motifs is 1. The van der Waals surface area contributed by atoms with Crippen LogP contribution in [0.5, 0.6) is 0 Å². The van der Waals surface area contributed by atoms with Crippen molar-refractivity contribution in [1.82, 2.24) is 24.8 Å². The number of aryl methyl sites for hydroxylation is 1. The Hall–Kier alpha value is -3.26.